The van der Waals surface area contributed by atoms with Gasteiger partial charge in [-0.3, -0.25) is 9.59 Å². The summed E-state index contributed by atoms with van der Waals surface area (Å²) in [6.45, 7) is 2.42. The summed E-state index contributed by atoms with van der Waals surface area (Å²) in [6.07, 6.45) is 1.84. The van der Waals surface area contributed by atoms with E-state index >= 15 is 0 Å². The van der Waals surface area contributed by atoms with E-state index in [1.165, 1.54) is 0 Å². The van der Waals surface area contributed by atoms with Gasteiger partial charge in [-0.25, -0.2) is 0 Å². The molecule has 5 heteroatoms. The third-order valence-corrected chi connectivity index (χ3v) is 2.59. The predicted octanol–water partition coefficient (Wildman–Crippen LogP) is 3.37. The molecule has 0 amide bonds. The zero-order valence-corrected chi connectivity index (χ0v) is 11.6. The van der Waals surface area contributed by atoms with Crippen molar-refractivity contribution < 1.29 is 19.1 Å². The van der Waals surface area contributed by atoms with Gasteiger partial charge in [-0.1, -0.05) is 24.9 Å². The lowest BCUT2D eigenvalue weighted by Gasteiger charge is -2.05. The second-order valence-electron chi connectivity index (χ2n) is 4.00. The Labute approximate surface area is 117 Å². The molecular weight excluding hydrogens is 268 g/mol. The number of unbranched alkanes of at least 4 members (excludes halogenated alkanes) is 1. The summed E-state index contributed by atoms with van der Waals surface area (Å²) in [5, 5.41) is 0.569. The topological polar surface area (TPSA) is 52.6 Å². The molecule has 0 radical (unpaired) electrons. The van der Waals surface area contributed by atoms with Gasteiger partial charge in [-0.05, 0) is 30.7 Å². The Morgan fingerprint density at radius 3 is 2.37 bits per heavy atom. The molecule has 0 saturated carbocycles. The first-order valence-electron chi connectivity index (χ1n) is 6.23. The lowest BCUT2D eigenvalue weighted by atomic mass is 10.3. The molecule has 0 atom stereocenters. The van der Waals surface area contributed by atoms with E-state index in [0.29, 0.717) is 17.4 Å². The molecule has 0 aliphatic heterocycles. The van der Waals surface area contributed by atoms with E-state index in [4.69, 9.17) is 21.1 Å². The number of carbonyl (C=O) groups is 2. The van der Waals surface area contributed by atoms with Gasteiger partial charge in [0.15, 0.2) is 0 Å². The van der Waals surface area contributed by atoms with Crippen LogP contribution in [0.1, 0.15) is 32.6 Å². The summed E-state index contributed by atoms with van der Waals surface area (Å²) in [4.78, 5) is 22.7. The summed E-state index contributed by atoms with van der Waals surface area (Å²) >= 11 is 5.71. The summed E-state index contributed by atoms with van der Waals surface area (Å²) < 4.78 is 9.97. The average molecular weight is 285 g/mol. The second-order valence-corrected chi connectivity index (χ2v) is 4.44. The molecule has 0 unspecified atom stereocenters. The Balaban J connectivity index is 2.24. The van der Waals surface area contributed by atoms with Crippen LogP contribution in [0.15, 0.2) is 24.3 Å². The second kappa shape index (κ2) is 8.53. The van der Waals surface area contributed by atoms with E-state index in [1.54, 1.807) is 24.3 Å². The Hall–Kier alpha value is -1.55. The van der Waals surface area contributed by atoms with E-state index in [-0.39, 0.29) is 18.8 Å². The summed E-state index contributed by atoms with van der Waals surface area (Å²) in [5.41, 5.74) is 0. The fraction of sp³-hybridized carbons (Fsp3) is 0.429. The summed E-state index contributed by atoms with van der Waals surface area (Å²) in [7, 11) is 0. The molecule has 0 N–H and O–H groups in total. The first-order chi connectivity index (χ1) is 9.11. The van der Waals surface area contributed by atoms with Gasteiger partial charge in [0.1, 0.15) is 5.75 Å². The van der Waals surface area contributed by atoms with Crippen molar-refractivity contribution in [3.8, 4) is 5.75 Å². The largest absolute Gasteiger partial charge is 0.466 e. The first-order valence-corrected chi connectivity index (χ1v) is 6.61. The minimum absolute atomic E-state index is 0.00752. The molecule has 0 bridgehead atoms. The maximum Gasteiger partial charge on any atom is 0.311 e. The van der Waals surface area contributed by atoms with E-state index in [1.807, 2.05) is 6.92 Å². The van der Waals surface area contributed by atoms with Crippen LogP contribution < -0.4 is 4.74 Å². The van der Waals surface area contributed by atoms with Gasteiger partial charge in [0.25, 0.3) is 0 Å². The van der Waals surface area contributed by atoms with Crippen molar-refractivity contribution in [2.75, 3.05) is 6.61 Å². The van der Waals surface area contributed by atoms with Crippen LogP contribution in [0.3, 0.4) is 0 Å². The summed E-state index contributed by atoms with van der Waals surface area (Å²) in [5.74, 6) is -0.426. The van der Waals surface area contributed by atoms with Gasteiger partial charge in [-0.15, -0.1) is 0 Å². The molecule has 0 aromatic heterocycles. The van der Waals surface area contributed by atoms with Crippen LogP contribution in [0.25, 0.3) is 0 Å². The lowest BCUT2D eigenvalue weighted by molar-refractivity contribution is -0.147. The Morgan fingerprint density at radius 1 is 1.11 bits per heavy atom. The van der Waals surface area contributed by atoms with Gasteiger partial charge in [-0.2, -0.15) is 0 Å². The standard InChI is InChI=1S/C14H17ClO4/c1-2-3-10-18-13(16)8-9-14(17)19-12-6-4-11(15)5-7-12/h4-7H,2-3,8-10H2,1H3. The average Bonchev–Trinajstić information content (AvgIpc) is 2.39. The molecule has 104 valence electrons. The van der Waals surface area contributed by atoms with Crippen molar-refractivity contribution in [1.82, 2.24) is 0 Å². The molecule has 0 fully saturated rings. The normalized spacial score (nSPS) is 10.0. The van der Waals surface area contributed by atoms with Crippen LogP contribution in [-0.2, 0) is 14.3 Å². The van der Waals surface area contributed by atoms with Crippen LogP contribution in [0.4, 0.5) is 0 Å². The number of benzene rings is 1. The smallest absolute Gasteiger partial charge is 0.311 e. The maximum atomic E-state index is 11.5. The van der Waals surface area contributed by atoms with Crippen molar-refractivity contribution in [2.45, 2.75) is 32.6 Å². The number of ether oxygens (including phenoxy) is 2. The Kier molecular flexibility index (Phi) is 6.97. The van der Waals surface area contributed by atoms with Gasteiger partial charge in [0.2, 0.25) is 0 Å². The highest BCUT2D eigenvalue weighted by Crippen LogP contribution is 2.16. The van der Waals surface area contributed by atoms with Crippen molar-refractivity contribution >= 4 is 23.5 Å². The number of rotatable bonds is 7. The minimum atomic E-state index is -0.463. The number of hydrogen-bond donors (Lipinski definition) is 0. The fourth-order valence-corrected chi connectivity index (χ4v) is 1.42. The molecule has 0 spiro atoms. The van der Waals surface area contributed by atoms with Crippen molar-refractivity contribution in [2.24, 2.45) is 0 Å². The molecular formula is C14H17ClO4. The highest BCUT2D eigenvalue weighted by atomic mass is 35.5. The van der Waals surface area contributed by atoms with Crippen molar-refractivity contribution in [3.63, 3.8) is 0 Å². The highest BCUT2D eigenvalue weighted by Gasteiger charge is 2.09. The third kappa shape index (κ3) is 6.82. The Morgan fingerprint density at radius 2 is 1.74 bits per heavy atom. The molecule has 1 rings (SSSR count). The SMILES string of the molecule is CCCCOC(=O)CCC(=O)Oc1ccc(Cl)cc1. The maximum absolute atomic E-state index is 11.5. The van der Waals surface area contributed by atoms with E-state index in [9.17, 15) is 9.59 Å². The first kappa shape index (κ1) is 15.5. The molecule has 1 aromatic carbocycles. The van der Waals surface area contributed by atoms with Gasteiger partial charge in [0, 0.05) is 5.02 Å². The molecule has 0 saturated heterocycles. The van der Waals surface area contributed by atoms with Gasteiger partial charge >= 0.3 is 11.9 Å². The van der Waals surface area contributed by atoms with E-state index in [2.05, 4.69) is 0 Å². The van der Waals surface area contributed by atoms with Crippen LogP contribution in [-0.4, -0.2) is 18.5 Å². The van der Waals surface area contributed by atoms with E-state index in [0.717, 1.165) is 12.8 Å². The zero-order valence-electron chi connectivity index (χ0n) is 10.9. The van der Waals surface area contributed by atoms with Crippen LogP contribution in [0.5, 0.6) is 5.75 Å². The van der Waals surface area contributed by atoms with Crippen LogP contribution in [0.2, 0.25) is 5.02 Å². The monoisotopic (exact) mass is 284 g/mol. The molecule has 4 nitrogen and oxygen atoms in total. The third-order valence-electron chi connectivity index (χ3n) is 2.34. The number of hydrogen-bond acceptors (Lipinski definition) is 4. The van der Waals surface area contributed by atoms with Gasteiger partial charge < -0.3 is 9.47 Å². The lowest BCUT2D eigenvalue weighted by Crippen LogP contribution is -2.12. The number of esters is 2. The quantitative estimate of drug-likeness (QED) is 0.438. The van der Waals surface area contributed by atoms with Crippen LogP contribution in [0, 0.1) is 0 Å². The number of halogens is 1. The molecule has 0 heterocycles. The van der Waals surface area contributed by atoms with Crippen molar-refractivity contribution in [1.29, 1.82) is 0 Å². The van der Waals surface area contributed by atoms with Crippen molar-refractivity contribution in [3.05, 3.63) is 29.3 Å². The number of carbonyl (C=O) groups excluding carboxylic acids is 2. The van der Waals surface area contributed by atoms with Crippen LogP contribution >= 0.6 is 11.6 Å². The highest BCUT2D eigenvalue weighted by molar-refractivity contribution is 6.30. The fourth-order valence-electron chi connectivity index (χ4n) is 1.29. The van der Waals surface area contributed by atoms with Gasteiger partial charge in [0.05, 0.1) is 19.4 Å². The Bertz CT molecular complexity index is 414. The summed E-state index contributed by atoms with van der Waals surface area (Å²) in [6, 6.07) is 6.45. The molecule has 19 heavy (non-hydrogen) atoms. The molecule has 0 aliphatic rings. The van der Waals surface area contributed by atoms with E-state index < -0.39 is 5.97 Å². The predicted molar refractivity (Wildman–Crippen MR) is 72.2 cm³/mol. The molecule has 0 aliphatic carbocycles. The molecule has 1 aromatic rings. The minimum Gasteiger partial charge on any atom is -0.466 e. The zero-order chi connectivity index (χ0) is 14.1.